The number of hydrogen-bond acceptors (Lipinski definition) is 5. The van der Waals surface area contributed by atoms with E-state index in [0.717, 1.165) is 9.37 Å². The zero-order chi connectivity index (χ0) is 17.9. The number of benzene rings is 1. The van der Waals surface area contributed by atoms with Gasteiger partial charge in [0, 0.05) is 4.47 Å². The Bertz CT molecular complexity index is 632. The van der Waals surface area contributed by atoms with Gasteiger partial charge in [0.1, 0.15) is 24.4 Å². The van der Waals surface area contributed by atoms with Gasteiger partial charge in [-0.15, -0.1) is 0 Å². The molecule has 1 aromatic carbocycles. The summed E-state index contributed by atoms with van der Waals surface area (Å²) in [5, 5.41) is 2.55. The second-order valence-electron chi connectivity index (χ2n) is 5.69. The lowest BCUT2D eigenvalue weighted by Crippen LogP contribution is -2.49. The maximum Gasteiger partial charge on any atom is 0.329 e. The minimum absolute atomic E-state index is 0.0192. The van der Waals surface area contributed by atoms with E-state index in [9.17, 15) is 14.4 Å². The molecule has 0 bridgehead atoms. The van der Waals surface area contributed by atoms with Crippen LogP contribution in [0, 0.1) is 5.92 Å². The average molecular weight is 399 g/mol. The van der Waals surface area contributed by atoms with Crippen molar-refractivity contribution < 1.29 is 23.9 Å². The lowest BCUT2D eigenvalue weighted by Gasteiger charge is -2.26. The van der Waals surface area contributed by atoms with Crippen molar-refractivity contribution in [1.29, 1.82) is 0 Å². The molecule has 7 nitrogen and oxygen atoms in total. The largest absolute Gasteiger partial charge is 0.491 e. The molecule has 1 fully saturated rings. The van der Waals surface area contributed by atoms with Crippen LogP contribution in [0.1, 0.15) is 13.8 Å². The quantitative estimate of drug-likeness (QED) is 0.584. The summed E-state index contributed by atoms with van der Waals surface area (Å²) in [6.45, 7) is 3.47. The van der Waals surface area contributed by atoms with Crippen LogP contribution in [0.25, 0.3) is 0 Å². The molecule has 24 heavy (non-hydrogen) atoms. The van der Waals surface area contributed by atoms with Crippen molar-refractivity contribution in [2.45, 2.75) is 25.9 Å². The summed E-state index contributed by atoms with van der Waals surface area (Å²) in [5.41, 5.74) is 0. The van der Waals surface area contributed by atoms with E-state index in [-0.39, 0.29) is 12.5 Å². The Kier molecular flexibility index (Phi) is 5.82. The van der Waals surface area contributed by atoms with Crippen LogP contribution in [0.5, 0.6) is 5.75 Å². The predicted molar refractivity (Wildman–Crippen MR) is 89.4 cm³/mol. The first kappa shape index (κ1) is 18.3. The van der Waals surface area contributed by atoms with Crippen molar-refractivity contribution in [3.05, 3.63) is 28.7 Å². The number of ether oxygens (including phenoxy) is 2. The molecule has 1 heterocycles. The number of nitrogens with zero attached hydrogens (tertiary/aromatic N) is 1. The maximum atomic E-state index is 12.5. The van der Waals surface area contributed by atoms with Crippen molar-refractivity contribution in [3.63, 3.8) is 0 Å². The van der Waals surface area contributed by atoms with Crippen molar-refractivity contribution in [3.8, 4) is 5.75 Å². The van der Waals surface area contributed by atoms with E-state index in [4.69, 9.17) is 9.47 Å². The number of methoxy groups -OCH3 is 1. The number of esters is 1. The molecule has 1 saturated heterocycles. The van der Waals surface area contributed by atoms with Crippen molar-refractivity contribution >= 4 is 33.8 Å². The Balaban J connectivity index is 2.07. The molecule has 1 N–H and O–H groups in total. The van der Waals surface area contributed by atoms with Crippen LogP contribution in [0.15, 0.2) is 28.7 Å². The van der Waals surface area contributed by atoms with E-state index >= 15 is 0 Å². The van der Waals surface area contributed by atoms with Gasteiger partial charge < -0.3 is 14.8 Å². The molecule has 0 radical (unpaired) electrons. The Hall–Kier alpha value is -2.09. The molecule has 3 amide bonds. The SMILES string of the molecule is COC(=O)C(C(C)C)N1C(=O)NC(COc2ccc(Br)cc2)C1=O. The Morgan fingerprint density at radius 2 is 1.92 bits per heavy atom. The first-order valence-corrected chi connectivity index (χ1v) is 8.24. The van der Waals surface area contributed by atoms with Gasteiger partial charge in [-0.05, 0) is 30.2 Å². The van der Waals surface area contributed by atoms with Crippen LogP contribution >= 0.6 is 15.9 Å². The number of halogens is 1. The standard InChI is InChI=1S/C16H19BrN2O5/c1-9(2)13(15(21)23-3)19-14(20)12(18-16(19)22)8-24-11-6-4-10(17)5-7-11/h4-7,9,12-13H,8H2,1-3H3,(H,18,22). The highest BCUT2D eigenvalue weighted by Gasteiger charge is 2.46. The summed E-state index contributed by atoms with van der Waals surface area (Å²) in [6, 6.07) is 4.69. The highest BCUT2D eigenvalue weighted by Crippen LogP contribution is 2.20. The van der Waals surface area contributed by atoms with Crippen LogP contribution in [0.3, 0.4) is 0 Å². The molecule has 2 atom stereocenters. The zero-order valence-corrected chi connectivity index (χ0v) is 15.2. The van der Waals surface area contributed by atoms with Crippen LogP contribution < -0.4 is 10.1 Å². The summed E-state index contributed by atoms with van der Waals surface area (Å²) in [6.07, 6.45) is 0. The van der Waals surface area contributed by atoms with E-state index in [1.54, 1.807) is 26.0 Å². The van der Waals surface area contributed by atoms with Crippen LogP contribution in [0.4, 0.5) is 4.79 Å². The number of amides is 3. The van der Waals surface area contributed by atoms with Gasteiger partial charge in [0.25, 0.3) is 5.91 Å². The van der Waals surface area contributed by atoms with Gasteiger partial charge in [0.15, 0.2) is 0 Å². The molecule has 1 aliphatic heterocycles. The first-order chi connectivity index (χ1) is 11.3. The van der Waals surface area contributed by atoms with Gasteiger partial charge in [-0.2, -0.15) is 0 Å². The number of nitrogens with one attached hydrogen (secondary N) is 1. The van der Waals surface area contributed by atoms with E-state index in [2.05, 4.69) is 21.2 Å². The van der Waals surface area contributed by atoms with Gasteiger partial charge in [-0.3, -0.25) is 4.79 Å². The van der Waals surface area contributed by atoms with Gasteiger partial charge in [-0.25, -0.2) is 14.5 Å². The zero-order valence-electron chi connectivity index (χ0n) is 13.6. The Morgan fingerprint density at radius 3 is 2.46 bits per heavy atom. The molecule has 2 rings (SSSR count). The van der Waals surface area contributed by atoms with Gasteiger partial charge in [0.2, 0.25) is 0 Å². The van der Waals surface area contributed by atoms with E-state index in [0.29, 0.717) is 5.75 Å². The molecule has 0 aliphatic carbocycles. The number of rotatable bonds is 6. The topological polar surface area (TPSA) is 84.9 Å². The summed E-state index contributed by atoms with van der Waals surface area (Å²) >= 11 is 3.32. The highest BCUT2D eigenvalue weighted by molar-refractivity contribution is 9.10. The summed E-state index contributed by atoms with van der Waals surface area (Å²) < 4.78 is 11.2. The van der Waals surface area contributed by atoms with Crippen LogP contribution in [0.2, 0.25) is 0 Å². The maximum absolute atomic E-state index is 12.5. The fraction of sp³-hybridized carbons (Fsp3) is 0.438. The first-order valence-electron chi connectivity index (χ1n) is 7.45. The third-order valence-corrected chi connectivity index (χ3v) is 4.16. The second kappa shape index (κ2) is 7.65. The summed E-state index contributed by atoms with van der Waals surface area (Å²) in [5.74, 6) is -0.811. The molecule has 0 aromatic heterocycles. The molecule has 2 unspecified atom stereocenters. The molecule has 1 aliphatic rings. The third kappa shape index (κ3) is 3.87. The Labute approximate surface area is 148 Å². The average Bonchev–Trinajstić information content (AvgIpc) is 2.82. The molecule has 130 valence electrons. The molecule has 0 saturated carbocycles. The van der Waals surface area contributed by atoms with Gasteiger partial charge in [0.05, 0.1) is 7.11 Å². The normalized spacial score (nSPS) is 18.5. The lowest BCUT2D eigenvalue weighted by atomic mass is 10.0. The minimum Gasteiger partial charge on any atom is -0.491 e. The van der Waals surface area contributed by atoms with Crippen LogP contribution in [-0.4, -0.2) is 48.6 Å². The number of hydrogen-bond donors (Lipinski definition) is 1. The number of imide groups is 1. The van der Waals surface area contributed by atoms with Gasteiger partial charge in [-0.1, -0.05) is 29.8 Å². The van der Waals surface area contributed by atoms with E-state index in [1.165, 1.54) is 7.11 Å². The number of carbonyl (C=O) groups excluding carboxylic acids is 3. The fourth-order valence-electron chi connectivity index (χ4n) is 2.43. The monoisotopic (exact) mass is 398 g/mol. The number of urea groups is 1. The van der Waals surface area contributed by atoms with E-state index in [1.807, 2.05) is 12.1 Å². The molecule has 8 heteroatoms. The third-order valence-electron chi connectivity index (χ3n) is 3.63. The number of carbonyl (C=O) groups is 3. The van der Waals surface area contributed by atoms with E-state index < -0.39 is 30.0 Å². The summed E-state index contributed by atoms with van der Waals surface area (Å²) in [4.78, 5) is 37.5. The lowest BCUT2D eigenvalue weighted by molar-refractivity contribution is -0.151. The van der Waals surface area contributed by atoms with Crippen LogP contribution in [-0.2, 0) is 14.3 Å². The molecular formula is C16H19BrN2O5. The van der Waals surface area contributed by atoms with Gasteiger partial charge >= 0.3 is 12.0 Å². The van der Waals surface area contributed by atoms with Crippen molar-refractivity contribution in [2.24, 2.45) is 5.92 Å². The highest BCUT2D eigenvalue weighted by atomic mass is 79.9. The summed E-state index contributed by atoms with van der Waals surface area (Å²) in [7, 11) is 1.23. The molecule has 1 aromatic rings. The molecular weight excluding hydrogens is 380 g/mol. The van der Waals surface area contributed by atoms with Crippen molar-refractivity contribution in [2.75, 3.05) is 13.7 Å². The minimum atomic E-state index is -0.958. The fourth-order valence-corrected chi connectivity index (χ4v) is 2.70. The second-order valence-corrected chi connectivity index (χ2v) is 6.60. The smallest absolute Gasteiger partial charge is 0.329 e. The molecule has 0 spiro atoms. The predicted octanol–water partition coefficient (Wildman–Crippen LogP) is 1.95. The van der Waals surface area contributed by atoms with Crippen molar-refractivity contribution in [1.82, 2.24) is 10.2 Å². The Morgan fingerprint density at radius 1 is 1.29 bits per heavy atom.